The predicted octanol–water partition coefficient (Wildman–Crippen LogP) is 22.9. The summed E-state index contributed by atoms with van der Waals surface area (Å²) >= 11 is 0. The fourth-order valence-corrected chi connectivity index (χ4v) is 15.9. The first-order chi connectivity index (χ1) is 41.9. The SMILES string of the molecule is CC1(C)c2cc(N(c3ccc(N(c4ccccc4)c4ccccc4)cc3)c3ccc4c(c3)C(C)(C)c3c5c(c6oc7ccccc7c6c3-4)-c3ccccc3C5(C)C)ccc2-c2c1cc(-c1cccc3oc4ccccc4c13)c1oc3ccccc3c21. The molecule has 0 spiro atoms. The van der Waals surface area contributed by atoms with E-state index in [1.165, 1.54) is 72.1 Å². The molecule has 0 fully saturated rings. The van der Waals surface area contributed by atoms with Gasteiger partial charge < -0.3 is 23.1 Å². The van der Waals surface area contributed by atoms with Crippen molar-refractivity contribution < 1.29 is 13.3 Å². The van der Waals surface area contributed by atoms with Crippen molar-refractivity contribution in [2.75, 3.05) is 9.80 Å². The molecule has 0 aliphatic heterocycles. The van der Waals surface area contributed by atoms with Crippen molar-refractivity contribution in [3.8, 4) is 44.5 Å². The minimum absolute atomic E-state index is 0.267. The Balaban J connectivity index is 0.853. The van der Waals surface area contributed by atoms with E-state index in [1.54, 1.807) is 0 Å². The van der Waals surface area contributed by atoms with E-state index in [2.05, 4.69) is 288 Å². The smallest absolute Gasteiger partial charge is 0.144 e. The first-order valence-corrected chi connectivity index (χ1v) is 30.1. The third-order valence-electron chi connectivity index (χ3n) is 19.8. The van der Waals surface area contributed by atoms with E-state index >= 15 is 0 Å². The molecule has 12 aromatic carbocycles. The summed E-state index contributed by atoms with van der Waals surface area (Å²) in [6.45, 7) is 14.5. The molecule has 18 rings (SSSR count). The molecule has 5 nitrogen and oxygen atoms in total. The normalized spacial score (nSPS) is 14.7. The molecule has 0 saturated carbocycles. The highest BCUT2D eigenvalue weighted by atomic mass is 16.3. The number of furan rings is 3. The van der Waals surface area contributed by atoms with Crippen molar-refractivity contribution in [3.63, 3.8) is 0 Å². The van der Waals surface area contributed by atoms with Gasteiger partial charge in [0.15, 0.2) is 0 Å². The lowest BCUT2D eigenvalue weighted by molar-refractivity contribution is 0.600. The molecule has 3 aliphatic rings. The molecule has 15 aromatic rings. The molecule has 0 unspecified atom stereocenters. The third kappa shape index (κ3) is 6.55. The number of rotatable bonds is 7. The topological polar surface area (TPSA) is 45.9 Å². The van der Waals surface area contributed by atoms with E-state index < -0.39 is 5.41 Å². The first-order valence-electron chi connectivity index (χ1n) is 30.1. The fraction of sp³-hybridized carbons (Fsp3) is 0.111. The van der Waals surface area contributed by atoms with Crippen LogP contribution in [-0.2, 0) is 16.2 Å². The van der Waals surface area contributed by atoms with Crippen LogP contribution in [0.15, 0.2) is 256 Å². The number of fused-ring (bicyclic) bond motifs is 22. The van der Waals surface area contributed by atoms with Crippen LogP contribution in [0, 0.1) is 0 Å². The van der Waals surface area contributed by atoms with Gasteiger partial charge in [0.25, 0.3) is 0 Å². The lowest BCUT2D eigenvalue weighted by atomic mass is 9.72. The molecule has 410 valence electrons. The van der Waals surface area contributed by atoms with Gasteiger partial charge in [-0.3, -0.25) is 0 Å². The minimum atomic E-state index is -0.416. The van der Waals surface area contributed by atoms with Crippen LogP contribution >= 0.6 is 0 Å². The van der Waals surface area contributed by atoms with E-state index in [4.69, 9.17) is 13.3 Å². The van der Waals surface area contributed by atoms with Crippen LogP contribution in [0.1, 0.15) is 74.9 Å². The third-order valence-corrected chi connectivity index (χ3v) is 19.8. The Hall–Kier alpha value is -10.4. The number of nitrogens with zero attached hydrogens (tertiary/aromatic N) is 2. The van der Waals surface area contributed by atoms with Crippen LogP contribution in [0.4, 0.5) is 34.1 Å². The van der Waals surface area contributed by atoms with Crippen molar-refractivity contribution >= 4 is 99.9 Å². The zero-order valence-electron chi connectivity index (χ0n) is 48.7. The van der Waals surface area contributed by atoms with Crippen LogP contribution in [-0.4, -0.2) is 0 Å². The van der Waals surface area contributed by atoms with Crippen molar-refractivity contribution in [1.82, 2.24) is 0 Å². The van der Waals surface area contributed by atoms with Gasteiger partial charge in [-0.1, -0.05) is 181 Å². The Labute approximate surface area is 498 Å². The van der Waals surface area contributed by atoms with Crippen molar-refractivity contribution in [2.45, 2.75) is 57.8 Å². The van der Waals surface area contributed by atoms with Gasteiger partial charge in [0.1, 0.15) is 33.5 Å². The fourth-order valence-electron chi connectivity index (χ4n) is 15.9. The molecule has 0 radical (unpaired) electrons. The van der Waals surface area contributed by atoms with Gasteiger partial charge in [0.2, 0.25) is 0 Å². The van der Waals surface area contributed by atoms with E-state index in [-0.39, 0.29) is 10.8 Å². The molecule has 3 aliphatic carbocycles. The van der Waals surface area contributed by atoms with Crippen LogP contribution < -0.4 is 9.80 Å². The zero-order chi connectivity index (χ0) is 57.5. The van der Waals surface area contributed by atoms with Gasteiger partial charge in [0.05, 0.1) is 0 Å². The maximum atomic E-state index is 7.07. The van der Waals surface area contributed by atoms with Crippen molar-refractivity contribution in [1.29, 1.82) is 0 Å². The average Bonchev–Trinajstić information content (AvgIpc) is 1.59. The minimum Gasteiger partial charge on any atom is -0.456 e. The van der Waals surface area contributed by atoms with Crippen LogP contribution in [0.5, 0.6) is 0 Å². The molecule has 5 heteroatoms. The molecule has 3 heterocycles. The number of benzene rings is 12. The second-order valence-electron chi connectivity index (χ2n) is 25.5. The standard InChI is InChI=1S/C81H58N2O3/c1-79(2)62-44-51(40-42-55(62)70-64(79)46-60(77-72(70)58-28-15-19-33-66(58)85-77)53-30-21-35-68-69(53)57-27-14-18-32-65(57)84-68)83(50-38-36-49(37-39-50)82(47-22-9-7-10-23-47)48-24-11-8-12-25-48)52-41-43-56-63(45-52)81(5,6)75-71(56)73-59-29-16-20-34-67(59)86-78(73)74-54-26-13-17-31-61(54)80(3,4)76(74)75/h7-46H,1-6H3. The summed E-state index contributed by atoms with van der Waals surface area (Å²) in [6, 6.07) is 88.3. The lowest BCUT2D eigenvalue weighted by Gasteiger charge is -2.32. The molecule has 0 saturated heterocycles. The van der Waals surface area contributed by atoms with Gasteiger partial charge in [0, 0.05) is 93.8 Å². The molecular weight excluding hydrogens is 1050 g/mol. The molecule has 0 bridgehead atoms. The Morgan fingerprint density at radius 1 is 0.256 bits per heavy atom. The first kappa shape index (κ1) is 49.1. The van der Waals surface area contributed by atoms with Gasteiger partial charge >= 0.3 is 0 Å². The number of para-hydroxylation sites is 5. The molecule has 86 heavy (non-hydrogen) atoms. The van der Waals surface area contributed by atoms with Gasteiger partial charge in [-0.05, 0) is 170 Å². The highest BCUT2D eigenvalue weighted by Gasteiger charge is 2.49. The number of anilines is 6. The van der Waals surface area contributed by atoms with Crippen molar-refractivity contribution in [2.24, 2.45) is 0 Å². The molecule has 0 amide bonds. The van der Waals surface area contributed by atoms with Gasteiger partial charge in [-0.15, -0.1) is 0 Å². The van der Waals surface area contributed by atoms with Crippen LogP contribution in [0.2, 0.25) is 0 Å². The monoisotopic (exact) mass is 1110 g/mol. The van der Waals surface area contributed by atoms with Crippen molar-refractivity contribution in [3.05, 3.63) is 276 Å². The van der Waals surface area contributed by atoms with E-state index in [1.807, 2.05) is 6.07 Å². The summed E-state index contributed by atoms with van der Waals surface area (Å²) in [5, 5.41) is 6.80. The maximum absolute atomic E-state index is 7.07. The molecular formula is C81H58N2O3. The zero-order valence-corrected chi connectivity index (χ0v) is 48.7. The van der Waals surface area contributed by atoms with E-state index in [9.17, 15) is 0 Å². The summed E-state index contributed by atoms with van der Waals surface area (Å²) in [5.41, 5.74) is 28.4. The number of hydrogen-bond donors (Lipinski definition) is 0. The van der Waals surface area contributed by atoms with Crippen LogP contribution in [0.25, 0.3) is 110 Å². The molecule has 0 N–H and O–H groups in total. The summed E-state index contributed by atoms with van der Waals surface area (Å²) in [7, 11) is 0. The van der Waals surface area contributed by atoms with E-state index in [0.29, 0.717) is 0 Å². The quantitative estimate of drug-likeness (QED) is 0.159. The predicted molar refractivity (Wildman–Crippen MR) is 356 cm³/mol. The second kappa shape index (κ2) is 17.4. The highest BCUT2D eigenvalue weighted by Crippen LogP contribution is 2.64. The largest absolute Gasteiger partial charge is 0.456 e. The Bertz CT molecular complexity index is 5340. The second-order valence-corrected chi connectivity index (χ2v) is 25.5. The summed E-state index contributed by atoms with van der Waals surface area (Å²) in [5.74, 6) is 0. The maximum Gasteiger partial charge on any atom is 0.144 e. The summed E-state index contributed by atoms with van der Waals surface area (Å²) in [6.07, 6.45) is 0. The van der Waals surface area contributed by atoms with E-state index in [0.717, 1.165) is 106 Å². The Kier molecular flexibility index (Phi) is 9.92. The van der Waals surface area contributed by atoms with Gasteiger partial charge in [-0.25, -0.2) is 0 Å². The van der Waals surface area contributed by atoms with Gasteiger partial charge in [-0.2, -0.15) is 0 Å². The molecule has 3 aromatic heterocycles. The molecule has 0 atom stereocenters. The Morgan fingerprint density at radius 3 is 1.30 bits per heavy atom. The average molecular weight is 1110 g/mol. The Morgan fingerprint density at radius 2 is 0.674 bits per heavy atom. The highest BCUT2D eigenvalue weighted by molar-refractivity contribution is 6.23. The van der Waals surface area contributed by atoms with Crippen LogP contribution in [0.3, 0.4) is 0 Å². The summed E-state index contributed by atoms with van der Waals surface area (Å²) in [4.78, 5) is 4.82. The summed E-state index contributed by atoms with van der Waals surface area (Å²) < 4.78 is 20.6. The lowest BCUT2D eigenvalue weighted by Crippen LogP contribution is -2.24. The number of hydrogen-bond acceptors (Lipinski definition) is 5.